The number of nitrogens with zero attached hydrogens (tertiary/aromatic N) is 2. The van der Waals surface area contributed by atoms with Crippen molar-refractivity contribution >= 4 is 5.91 Å². The first-order valence-electron chi connectivity index (χ1n) is 10.9. The molecule has 0 radical (unpaired) electrons. The van der Waals surface area contributed by atoms with Gasteiger partial charge in [0.2, 0.25) is 0 Å². The van der Waals surface area contributed by atoms with E-state index in [0.29, 0.717) is 12.0 Å². The molecule has 5 nitrogen and oxygen atoms in total. The molecule has 5 heteroatoms. The number of rotatable bonds is 5. The maximum Gasteiger partial charge on any atom is 0.253 e. The summed E-state index contributed by atoms with van der Waals surface area (Å²) in [6, 6.07) is 10.6. The van der Waals surface area contributed by atoms with Gasteiger partial charge in [0.25, 0.3) is 5.91 Å². The van der Waals surface area contributed by atoms with Crippen LogP contribution < -0.4 is 10.1 Å². The van der Waals surface area contributed by atoms with E-state index in [1.54, 1.807) is 7.11 Å². The third kappa shape index (κ3) is 3.93. The number of piperidine rings is 2. The number of benzene rings is 1. The summed E-state index contributed by atoms with van der Waals surface area (Å²) >= 11 is 0. The Bertz CT molecular complexity index is 871. The molecule has 0 unspecified atom stereocenters. The third-order valence-electron chi connectivity index (χ3n) is 6.76. The highest BCUT2D eigenvalue weighted by molar-refractivity contribution is 5.96. The van der Waals surface area contributed by atoms with Gasteiger partial charge in [-0.15, -0.1) is 0 Å². The summed E-state index contributed by atoms with van der Waals surface area (Å²) in [6.07, 6.45) is 6.40. The van der Waals surface area contributed by atoms with Crippen LogP contribution in [0.25, 0.3) is 5.69 Å². The summed E-state index contributed by atoms with van der Waals surface area (Å²) in [7, 11) is 1.68. The van der Waals surface area contributed by atoms with Crippen molar-refractivity contribution in [2.45, 2.75) is 52.0 Å². The topological polar surface area (TPSA) is 46.5 Å². The number of fused-ring (bicyclic) bond motifs is 1. The Morgan fingerprint density at radius 1 is 1.14 bits per heavy atom. The highest BCUT2D eigenvalue weighted by Crippen LogP contribution is 2.31. The van der Waals surface area contributed by atoms with Crippen LogP contribution in [-0.2, 0) is 0 Å². The maximum absolute atomic E-state index is 13.1. The second-order valence-corrected chi connectivity index (χ2v) is 8.50. The minimum Gasteiger partial charge on any atom is -0.495 e. The maximum atomic E-state index is 13.1. The van der Waals surface area contributed by atoms with E-state index in [2.05, 4.69) is 14.8 Å². The quantitative estimate of drug-likeness (QED) is 0.829. The average molecular weight is 396 g/mol. The van der Waals surface area contributed by atoms with Gasteiger partial charge in [0.05, 0.1) is 18.4 Å². The van der Waals surface area contributed by atoms with Gasteiger partial charge in [-0.2, -0.15) is 0 Å². The van der Waals surface area contributed by atoms with E-state index in [0.717, 1.165) is 34.9 Å². The summed E-state index contributed by atoms with van der Waals surface area (Å²) in [5, 5.41) is 3.25. The number of nitrogens with one attached hydrogen (secondary N) is 1. The molecular formula is C24H33N3O2. The van der Waals surface area contributed by atoms with E-state index < -0.39 is 0 Å². The van der Waals surface area contributed by atoms with Crippen molar-refractivity contribution in [1.82, 2.24) is 14.8 Å². The summed E-state index contributed by atoms with van der Waals surface area (Å²) in [5.41, 5.74) is 3.71. The zero-order chi connectivity index (χ0) is 20.4. The molecule has 4 rings (SSSR count). The lowest BCUT2D eigenvalue weighted by Gasteiger charge is -2.44. The normalized spacial score (nSPS) is 22.2. The van der Waals surface area contributed by atoms with Gasteiger partial charge in [-0.1, -0.05) is 18.6 Å². The Morgan fingerprint density at radius 2 is 1.93 bits per heavy atom. The molecule has 2 aromatic rings. The van der Waals surface area contributed by atoms with Gasteiger partial charge in [0, 0.05) is 24.0 Å². The molecule has 1 aromatic carbocycles. The lowest BCUT2D eigenvalue weighted by Crippen LogP contribution is -2.51. The first-order chi connectivity index (χ1) is 14.1. The van der Waals surface area contributed by atoms with Crippen LogP contribution in [0.4, 0.5) is 0 Å². The SMILES string of the molecule is COc1ccccc1-n1c(C)cc(C(=O)NC[C@@H]2CCCN3CCCC[C@@H]23)c1C. The molecule has 2 aliphatic heterocycles. The molecule has 1 amide bonds. The fourth-order valence-corrected chi connectivity index (χ4v) is 5.31. The van der Waals surface area contributed by atoms with Crippen LogP contribution in [-0.4, -0.2) is 48.2 Å². The van der Waals surface area contributed by atoms with Gasteiger partial charge in [0.1, 0.15) is 5.75 Å². The molecule has 0 bridgehead atoms. The van der Waals surface area contributed by atoms with E-state index in [1.165, 1.54) is 45.2 Å². The van der Waals surface area contributed by atoms with Gasteiger partial charge < -0.3 is 19.5 Å². The smallest absolute Gasteiger partial charge is 0.253 e. The largest absolute Gasteiger partial charge is 0.495 e. The highest BCUT2D eigenvalue weighted by atomic mass is 16.5. The second kappa shape index (κ2) is 8.62. The van der Waals surface area contributed by atoms with Crippen molar-refractivity contribution in [3.63, 3.8) is 0 Å². The number of methoxy groups -OCH3 is 1. The Hall–Kier alpha value is -2.27. The number of aryl methyl sites for hydroxylation is 1. The molecule has 2 saturated heterocycles. The van der Waals surface area contributed by atoms with Crippen LogP contribution in [0, 0.1) is 19.8 Å². The van der Waals surface area contributed by atoms with E-state index in [9.17, 15) is 4.79 Å². The fraction of sp³-hybridized carbons (Fsp3) is 0.542. The minimum absolute atomic E-state index is 0.0344. The molecule has 2 atom stereocenters. The standard InChI is InChI=1S/C24H33N3O2/c1-17-15-20(18(2)27(17)22-11-4-5-12-23(22)29-3)24(28)25-16-19-9-8-14-26-13-7-6-10-21(19)26/h4-5,11-12,15,19,21H,6-10,13-14,16H2,1-3H3,(H,25,28)/t19-,21-/m0/s1. The average Bonchev–Trinajstić information content (AvgIpc) is 3.05. The summed E-state index contributed by atoms with van der Waals surface area (Å²) in [5.74, 6) is 1.42. The van der Waals surface area contributed by atoms with Crippen molar-refractivity contribution in [3.05, 3.63) is 47.3 Å². The predicted octanol–water partition coefficient (Wildman–Crippen LogP) is 4.10. The number of para-hydroxylation sites is 2. The lowest BCUT2D eigenvalue weighted by molar-refractivity contribution is 0.0575. The molecular weight excluding hydrogens is 362 g/mol. The monoisotopic (exact) mass is 395 g/mol. The van der Waals surface area contributed by atoms with Gasteiger partial charge >= 0.3 is 0 Å². The van der Waals surface area contributed by atoms with Gasteiger partial charge in [-0.25, -0.2) is 0 Å². The first-order valence-corrected chi connectivity index (χ1v) is 10.9. The zero-order valence-corrected chi connectivity index (χ0v) is 17.9. The molecule has 0 aliphatic carbocycles. The van der Waals surface area contributed by atoms with Gasteiger partial charge in [0.15, 0.2) is 0 Å². The van der Waals surface area contributed by atoms with Crippen LogP contribution in [0.1, 0.15) is 53.8 Å². The van der Waals surface area contributed by atoms with E-state index in [4.69, 9.17) is 4.74 Å². The molecule has 3 heterocycles. The van der Waals surface area contributed by atoms with Crippen LogP contribution in [0.5, 0.6) is 5.75 Å². The second-order valence-electron chi connectivity index (χ2n) is 8.50. The van der Waals surface area contributed by atoms with E-state index in [-0.39, 0.29) is 5.91 Å². The molecule has 0 spiro atoms. The summed E-state index contributed by atoms with van der Waals surface area (Å²) in [6.45, 7) is 7.29. The minimum atomic E-state index is 0.0344. The first kappa shape index (κ1) is 20.0. The van der Waals surface area contributed by atoms with Crippen molar-refractivity contribution in [3.8, 4) is 11.4 Å². The van der Waals surface area contributed by atoms with Crippen LogP contribution >= 0.6 is 0 Å². The molecule has 156 valence electrons. The van der Waals surface area contributed by atoms with Crippen molar-refractivity contribution < 1.29 is 9.53 Å². The molecule has 29 heavy (non-hydrogen) atoms. The number of aromatic nitrogens is 1. The Labute approximate surface area is 174 Å². The molecule has 2 aliphatic rings. The predicted molar refractivity (Wildman–Crippen MR) is 116 cm³/mol. The third-order valence-corrected chi connectivity index (χ3v) is 6.76. The van der Waals surface area contributed by atoms with Crippen molar-refractivity contribution in [2.75, 3.05) is 26.7 Å². The Balaban J connectivity index is 1.50. The summed E-state index contributed by atoms with van der Waals surface area (Å²) in [4.78, 5) is 15.7. The van der Waals surface area contributed by atoms with E-state index in [1.807, 2.05) is 44.2 Å². The van der Waals surface area contributed by atoms with Crippen molar-refractivity contribution in [1.29, 1.82) is 0 Å². The van der Waals surface area contributed by atoms with Crippen LogP contribution in [0.15, 0.2) is 30.3 Å². The van der Waals surface area contributed by atoms with Gasteiger partial charge in [-0.05, 0) is 76.7 Å². The Kier molecular flexibility index (Phi) is 5.95. The van der Waals surface area contributed by atoms with Crippen LogP contribution in [0.2, 0.25) is 0 Å². The number of hydrogen-bond donors (Lipinski definition) is 1. The summed E-state index contributed by atoms with van der Waals surface area (Å²) < 4.78 is 7.64. The van der Waals surface area contributed by atoms with E-state index >= 15 is 0 Å². The molecule has 2 fully saturated rings. The number of ether oxygens (including phenoxy) is 1. The Morgan fingerprint density at radius 3 is 2.76 bits per heavy atom. The lowest BCUT2D eigenvalue weighted by atomic mass is 9.83. The molecule has 1 aromatic heterocycles. The number of carbonyl (C=O) groups is 1. The zero-order valence-electron chi connectivity index (χ0n) is 17.9. The van der Waals surface area contributed by atoms with Crippen LogP contribution in [0.3, 0.4) is 0 Å². The highest BCUT2D eigenvalue weighted by Gasteiger charge is 2.33. The number of carbonyl (C=O) groups excluding carboxylic acids is 1. The number of amides is 1. The molecule has 1 N–H and O–H groups in total. The molecule has 0 saturated carbocycles. The van der Waals surface area contributed by atoms with Crippen molar-refractivity contribution in [2.24, 2.45) is 5.92 Å². The fourth-order valence-electron chi connectivity index (χ4n) is 5.31. The number of hydrogen-bond acceptors (Lipinski definition) is 3. The van der Waals surface area contributed by atoms with Gasteiger partial charge in [-0.3, -0.25) is 4.79 Å².